The molecule has 2 fully saturated rings. The first-order valence-corrected chi connectivity index (χ1v) is 15.5. The quantitative estimate of drug-likeness (QED) is 0.324. The molecule has 13 heteroatoms. The summed E-state index contributed by atoms with van der Waals surface area (Å²) < 4.78 is 80.1. The van der Waals surface area contributed by atoms with Crippen LogP contribution in [0, 0.1) is 5.92 Å². The van der Waals surface area contributed by atoms with E-state index in [0.717, 1.165) is 36.8 Å². The normalized spacial score (nSPS) is 17.9. The second kappa shape index (κ2) is 11.3. The number of rotatable bonds is 10. The van der Waals surface area contributed by atoms with Crippen LogP contribution in [0.2, 0.25) is 0 Å². The minimum absolute atomic E-state index is 0.257. The fourth-order valence-corrected chi connectivity index (χ4v) is 7.42. The molecule has 216 valence electrons. The molecule has 1 saturated heterocycles. The molecular weight excluding hydrogens is 568 g/mol. The molecule has 0 spiro atoms. The van der Waals surface area contributed by atoms with Gasteiger partial charge >= 0.3 is 6.18 Å². The number of hydrogen-bond acceptors (Lipinski definition) is 6. The minimum atomic E-state index is -4.73. The van der Waals surface area contributed by atoms with Crippen molar-refractivity contribution in [3.63, 3.8) is 0 Å². The molecule has 2 aliphatic rings. The lowest BCUT2D eigenvalue weighted by atomic mass is 9.81. The number of thiazole rings is 1. The van der Waals surface area contributed by atoms with Gasteiger partial charge in [-0.2, -0.15) is 17.9 Å². The SMILES string of the molecule is C[C@H](NS(=O)(=O)c1ccc(-c2sc(C(=O)NCCN3CC(F)C3)nc2CC2CCC2)c2ccccc12)C(F)(F)F. The number of aromatic nitrogens is 1. The molecule has 1 amide bonds. The van der Waals surface area contributed by atoms with Crippen LogP contribution >= 0.6 is 11.3 Å². The van der Waals surface area contributed by atoms with E-state index in [0.29, 0.717) is 49.5 Å². The first kappa shape index (κ1) is 28.9. The number of nitrogens with zero attached hydrogens (tertiary/aromatic N) is 2. The van der Waals surface area contributed by atoms with Crippen LogP contribution in [-0.2, 0) is 16.4 Å². The fourth-order valence-electron chi connectivity index (χ4n) is 4.93. The number of amides is 1. The molecule has 1 aliphatic carbocycles. The molecule has 40 heavy (non-hydrogen) atoms. The third-order valence-corrected chi connectivity index (χ3v) is 10.2. The van der Waals surface area contributed by atoms with Crippen LogP contribution in [0.25, 0.3) is 21.2 Å². The van der Waals surface area contributed by atoms with Crippen LogP contribution in [0.1, 0.15) is 41.7 Å². The number of halogens is 4. The Balaban J connectivity index is 1.47. The number of benzene rings is 2. The van der Waals surface area contributed by atoms with Crippen molar-refractivity contribution in [3.05, 3.63) is 47.1 Å². The first-order chi connectivity index (χ1) is 18.9. The van der Waals surface area contributed by atoms with E-state index in [2.05, 4.69) is 10.3 Å². The maximum atomic E-state index is 13.1. The van der Waals surface area contributed by atoms with E-state index in [1.54, 1.807) is 35.1 Å². The minimum Gasteiger partial charge on any atom is -0.349 e. The van der Waals surface area contributed by atoms with E-state index in [4.69, 9.17) is 0 Å². The summed E-state index contributed by atoms with van der Waals surface area (Å²) in [5.74, 6) is 0.105. The van der Waals surface area contributed by atoms with Gasteiger partial charge in [-0.15, -0.1) is 11.3 Å². The molecule has 0 radical (unpaired) electrons. The van der Waals surface area contributed by atoms with Crippen LogP contribution in [0.4, 0.5) is 17.6 Å². The molecule has 0 bridgehead atoms. The van der Waals surface area contributed by atoms with Gasteiger partial charge in [-0.3, -0.25) is 9.69 Å². The van der Waals surface area contributed by atoms with Gasteiger partial charge in [0.25, 0.3) is 5.91 Å². The maximum Gasteiger partial charge on any atom is 0.404 e. The summed E-state index contributed by atoms with van der Waals surface area (Å²) in [7, 11) is -4.49. The Bertz CT molecular complexity index is 1500. The van der Waals surface area contributed by atoms with Crippen molar-refractivity contribution in [1.82, 2.24) is 19.9 Å². The topological polar surface area (TPSA) is 91.4 Å². The molecule has 1 saturated carbocycles. The molecule has 1 aromatic heterocycles. The molecule has 1 aliphatic heterocycles. The van der Waals surface area contributed by atoms with Crippen molar-refractivity contribution in [2.24, 2.45) is 5.92 Å². The Morgan fingerprint density at radius 1 is 1.15 bits per heavy atom. The molecule has 1 atom stereocenters. The third kappa shape index (κ3) is 6.17. The number of nitrogens with one attached hydrogen (secondary N) is 2. The van der Waals surface area contributed by atoms with Crippen molar-refractivity contribution in [2.75, 3.05) is 26.2 Å². The standard InChI is InChI=1S/C27H30F4N4O3S2/c1-16(27(29,30)31)34-40(37,38)23-10-9-21(19-7-2-3-8-20(19)23)24-22(13-17-5-4-6-17)33-26(39-24)25(36)32-11-12-35-14-18(28)15-35/h2-3,7-10,16-18,34H,4-6,11-15H2,1H3,(H,32,36)/t16-/m0/s1. The highest BCUT2D eigenvalue weighted by atomic mass is 32.2. The van der Waals surface area contributed by atoms with Gasteiger partial charge < -0.3 is 5.32 Å². The summed E-state index contributed by atoms with van der Waals surface area (Å²) in [5.41, 5.74) is 1.41. The highest BCUT2D eigenvalue weighted by Gasteiger charge is 2.39. The Kier molecular flexibility index (Phi) is 8.20. The van der Waals surface area contributed by atoms with Gasteiger partial charge in [0.2, 0.25) is 10.0 Å². The summed E-state index contributed by atoms with van der Waals surface area (Å²) in [6, 6.07) is 7.26. The molecule has 7 nitrogen and oxygen atoms in total. The Morgan fingerprint density at radius 3 is 2.48 bits per heavy atom. The van der Waals surface area contributed by atoms with Gasteiger partial charge in [-0.25, -0.2) is 17.8 Å². The van der Waals surface area contributed by atoms with Crippen LogP contribution in [-0.4, -0.2) is 68.8 Å². The van der Waals surface area contributed by atoms with Gasteiger partial charge in [0.1, 0.15) is 12.2 Å². The zero-order chi connectivity index (χ0) is 28.7. The van der Waals surface area contributed by atoms with Crippen molar-refractivity contribution in [3.8, 4) is 10.4 Å². The molecule has 0 unspecified atom stereocenters. The smallest absolute Gasteiger partial charge is 0.349 e. The van der Waals surface area contributed by atoms with E-state index in [-0.39, 0.29) is 21.2 Å². The summed E-state index contributed by atoms with van der Waals surface area (Å²) in [4.78, 5) is 20.0. The fraction of sp³-hybridized carbons (Fsp3) is 0.481. The van der Waals surface area contributed by atoms with E-state index in [1.807, 2.05) is 4.90 Å². The summed E-state index contributed by atoms with van der Waals surface area (Å²) in [6.45, 7) is 2.39. The average Bonchev–Trinajstić information content (AvgIpc) is 3.27. The third-order valence-electron chi connectivity index (χ3n) is 7.47. The van der Waals surface area contributed by atoms with Gasteiger partial charge in [-0.05, 0) is 30.7 Å². The first-order valence-electron chi connectivity index (χ1n) is 13.2. The number of alkyl halides is 4. The number of carbonyl (C=O) groups is 1. The zero-order valence-electron chi connectivity index (χ0n) is 21.8. The number of sulfonamides is 1. The van der Waals surface area contributed by atoms with E-state index in [1.165, 1.54) is 17.4 Å². The zero-order valence-corrected chi connectivity index (χ0v) is 23.4. The van der Waals surface area contributed by atoms with Crippen molar-refractivity contribution in [2.45, 2.75) is 55.9 Å². The average molecular weight is 599 g/mol. The lowest BCUT2D eigenvalue weighted by Crippen LogP contribution is -2.50. The maximum absolute atomic E-state index is 13.1. The van der Waals surface area contributed by atoms with Crippen LogP contribution in [0.3, 0.4) is 0 Å². The predicted octanol–water partition coefficient (Wildman–Crippen LogP) is 4.92. The van der Waals surface area contributed by atoms with Crippen LogP contribution in [0.15, 0.2) is 41.3 Å². The molecule has 5 rings (SSSR count). The highest BCUT2D eigenvalue weighted by Crippen LogP contribution is 2.40. The van der Waals surface area contributed by atoms with E-state index >= 15 is 0 Å². The number of fused-ring (bicyclic) bond motifs is 1. The van der Waals surface area contributed by atoms with Crippen LogP contribution < -0.4 is 10.0 Å². The molecule has 3 aromatic rings. The summed E-state index contributed by atoms with van der Waals surface area (Å²) >= 11 is 1.21. The van der Waals surface area contributed by atoms with Crippen LogP contribution in [0.5, 0.6) is 0 Å². The second-order valence-corrected chi connectivity index (χ2v) is 13.1. The van der Waals surface area contributed by atoms with Gasteiger partial charge in [0.05, 0.1) is 15.5 Å². The lowest BCUT2D eigenvalue weighted by molar-refractivity contribution is -0.147. The molecular formula is C27H30F4N4O3S2. The summed E-state index contributed by atoms with van der Waals surface area (Å²) in [5, 5.41) is 3.93. The van der Waals surface area contributed by atoms with E-state index in [9.17, 15) is 30.8 Å². The molecule has 2 aromatic carbocycles. The second-order valence-electron chi connectivity index (χ2n) is 10.5. The Labute approximate surface area is 234 Å². The van der Waals surface area contributed by atoms with E-state index < -0.39 is 28.4 Å². The monoisotopic (exact) mass is 598 g/mol. The summed E-state index contributed by atoms with van der Waals surface area (Å²) in [6.07, 6.45) is -1.62. The van der Waals surface area contributed by atoms with Crippen molar-refractivity contribution < 1.29 is 30.8 Å². The molecule has 2 N–H and O–H groups in total. The highest BCUT2D eigenvalue weighted by molar-refractivity contribution is 7.89. The largest absolute Gasteiger partial charge is 0.404 e. The Morgan fingerprint density at radius 2 is 1.85 bits per heavy atom. The van der Waals surface area contributed by atoms with Gasteiger partial charge in [-0.1, -0.05) is 49.6 Å². The number of carbonyl (C=O) groups excluding carboxylic acids is 1. The predicted molar refractivity (Wildman–Crippen MR) is 146 cm³/mol. The Hall–Kier alpha value is -2.61. The van der Waals surface area contributed by atoms with Crippen molar-refractivity contribution >= 4 is 38.0 Å². The van der Waals surface area contributed by atoms with Gasteiger partial charge in [0.15, 0.2) is 5.01 Å². The lowest BCUT2D eigenvalue weighted by Gasteiger charge is -2.34. The van der Waals surface area contributed by atoms with Crippen molar-refractivity contribution in [1.29, 1.82) is 0 Å². The number of likely N-dealkylation sites (tertiary alicyclic amines) is 1. The number of hydrogen-bond donors (Lipinski definition) is 2. The van der Waals surface area contributed by atoms with Gasteiger partial charge in [0, 0.05) is 37.1 Å². The molecule has 2 heterocycles.